The Morgan fingerprint density at radius 2 is 2.00 bits per heavy atom. The minimum absolute atomic E-state index is 0.00186. The Labute approximate surface area is 147 Å². The zero-order valence-corrected chi connectivity index (χ0v) is 14.8. The first-order chi connectivity index (χ1) is 12.0. The molecule has 1 fully saturated rings. The van der Waals surface area contributed by atoms with Gasteiger partial charge >= 0.3 is 0 Å². The van der Waals surface area contributed by atoms with E-state index in [1.165, 1.54) is 6.92 Å². The highest BCUT2D eigenvalue weighted by molar-refractivity contribution is 5.95. The van der Waals surface area contributed by atoms with Crippen molar-refractivity contribution in [1.29, 1.82) is 0 Å². The van der Waals surface area contributed by atoms with Gasteiger partial charge in [0.25, 0.3) is 0 Å². The summed E-state index contributed by atoms with van der Waals surface area (Å²) in [6, 6.07) is 11.2. The van der Waals surface area contributed by atoms with Crippen molar-refractivity contribution in [2.45, 2.75) is 39.5 Å². The number of benzene rings is 1. The van der Waals surface area contributed by atoms with Crippen molar-refractivity contribution >= 4 is 11.6 Å². The molecule has 2 atom stereocenters. The van der Waals surface area contributed by atoms with Crippen molar-refractivity contribution in [2.75, 3.05) is 18.0 Å². The minimum atomic E-state index is -1.09. The Bertz CT molecular complexity index is 764. The van der Waals surface area contributed by atoms with E-state index in [9.17, 15) is 9.18 Å². The third-order valence-corrected chi connectivity index (χ3v) is 4.57. The number of ketones is 1. The van der Waals surface area contributed by atoms with E-state index in [1.807, 2.05) is 55.1 Å². The molecule has 1 aliphatic rings. The van der Waals surface area contributed by atoms with Gasteiger partial charge in [-0.15, -0.1) is 0 Å². The monoisotopic (exact) mass is 342 g/mol. The first-order valence-electron chi connectivity index (χ1n) is 8.55. The molecule has 0 radical (unpaired) electrons. The molecular weight excluding hydrogens is 319 g/mol. The van der Waals surface area contributed by atoms with E-state index in [-0.39, 0.29) is 12.3 Å². The summed E-state index contributed by atoms with van der Waals surface area (Å²) >= 11 is 0. The van der Waals surface area contributed by atoms with Crippen LogP contribution >= 0.6 is 0 Å². The third-order valence-electron chi connectivity index (χ3n) is 4.57. The Kier molecular flexibility index (Phi) is 5.02. The molecule has 0 N–H and O–H groups in total. The number of Topliss-reactive ketones (excluding diaryl/α,β-unsaturated/α-hetero) is 1. The van der Waals surface area contributed by atoms with E-state index >= 15 is 0 Å². The van der Waals surface area contributed by atoms with Crippen LogP contribution < -0.4 is 9.64 Å². The molecule has 132 valence electrons. The summed E-state index contributed by atoms with van der Waals surface area (Å²) in [5, 5.41) is 0. The number of para-hydroxylation sites is 1. The highest BCUT2D eigenvalue weighted by atomic mass is 19.1. The average molecular weight is 342 g/mol. The molecule has 1 saturated heterocycles. The van der Waals surface area contributed by atoms with Crippen LogP contribution in [-0.2, 0) is 0 Å². The molecule has 1 aliphatic heterocycles. The molecule has 1 aromatic heterocycles. The van der Waals surface area contributed by atoms with Gasteiger partial charge in [0.15, 0.2) is 12.0 Å². The fourth-order valence-electron chi connectivity index (χ4n) is 3.25. The van der Waals surface area contributed by atoms with Gasteiger partial charge in [-0.25, -0.2) is 9.37 Å². The molecule has 0 amide bonds. The number of hydrogen-bond donors (Lipinski definition) is 0. The topological polar surface area (TPSA) is 42.4 Å². The van der Waals surface area contributed by atoms with Crippen LogP contribution in [0.5, 0.6) is 5.75 Å². The molecule has 2 heterocycles. The number of hydrogen-bond acceptors (Lipinski definition) is 4. The van der Waals surface area contributed by atoms with E-state index < -0.39 is 12.3 Å². The second-order valence-corrected chi connectivity index (χ2v) is 6.54. The van der Waals surface area contributed by atoms with E-state index in [1.54, 1.807) is 0 Å². The number of carbonyl (C=O) groups is 1. The third kappa shape index (κ3) is 3.81. The lowest BCUT2D eigenvalue weighted by Crippen LogP contribution is -2.47. The molecule has 0 bridgehead atoms. The lowest BCUT2D eigenvalue weighted by Gasteiger charge is -2.36. The molecule has 0 saturated carbocycles. The number of piperidine rings is 1. The minimum Gasteiger partial charge on any atom is -0.487 e. The summed E-state index contributed by atoms with van der Waals surface area (Å²) in [6.07, 6.45) is -0.954. The average Bonchev–Trinajstić information content (AvgIpc) is 2.59. The molecule has 3 rings (SSSR count). The Morgan fingerprint density at radius 3 is 2.64 bits per heavy atom. The molecule has 5 heteroatoms. The molecule has 0 unspecified atom stereocenters. The Hall–Kier alpha value is -2.43. The standard InChI is InChI=1S/C20H23FN2O2/c1-13-11-17(15(3)24)14(2)22-20(13)23-10-9-19(18(21)12-23)25-16-7-5-4-6-8-16/h4-8,11,18-19H,9-10,12H2,1-3H3/t18-,19+/m0/s1. The summed E-state index contributed by atoms with van der Waals surface area (Å²) in [5.74, 6) is 1.45. The van der Waals surface area contributed by atoms with Gasteiger partial charge in [-0.2, -0.15) is 0 Å². The first kappa shape index (κ1) is 17.4. The van der Waals surface area contributed by atoms with Crippen LogP contribution in [0.2, 0.25) is 0 Å². The predicted molar refractivity (Wildman–Crippen MR) is 96.3 cm³/mol. The fraction of sp³-hybridized carbons (Fsp3) is 0.400. The van der Waals surface area contributed by atoms with Gasteiger partial charge in [0.05, 0.1) is 12.2 Å². The molecular formula is C20H23FN2O2. The number of nitrogens with zero attached hydrogens (tertiary/aromatic N) is 2. The first-order valence-corrected chi connectivity index (χ1v) is 8.55. The smallest absolute Gasteiger partial charge is 0.161 e. The SMILES string of the molecule is CC(=O)c1cc(C)c(N2CC[C@@H](Oc3ccccc3)[C@@H](F)C2)nc1C. The van der Waals surface area contributed by atoms with Gasteiger partial charge < -0.3 is 9.64 Å². The number of carbonyl (C=O) groups excluding carboxylic acids is 1. The van der Waals surface area contributed by atoms with E-state index in [0.29, 0.717) is 30.0 Å². The summed E-state index contributed by atoms with van der Waals surface area (Å²) in [7, 11) is 0. The van der Waals surface area contributed by atoms with E-state index in [2.05, 4.69) is 4.98 Å². The quantitative estimate of drug-likeness (QED) is 0.791. The summed E-state index contributed by atoms with van der Waals surface area (Å²) in [5.41, 5.74) is 2.21. The number of alkyl halides is 1. The van der Waals surface area contributed by atoms with E-state index in [4.69, 9.17) is 4.74 Å². The van der Waals surface area contributed by atoms with Crippen molar-refractivity contribution in [3.8, 4) is 5.75 Å². The highest BCUT2D eigenvalue weighted by Crippen LogP contribution is 2.27. The fourth-order valence-corrected chi connectivity index (χ4v) is 3.25. The number of pyridine rings is 1. The van der Waals surface area contributed by atoms with Crippen molar-refractivity contribution in [2.24, 2.45) is 0 Å². The summed E-state index contributed by atoms with van der Waals surface area (Å²) in [6.45, 7) is 6.17. The van der Waals surface area contributed by atoms with Crippen LogP contribution in [0, 0.1) is 13.8 Å². The van der Waals surface area contributed by atoms with Gasteiger partial charge in [-0.05, 0) is 44.5 Å². The number of anilines is 1. The number of halogens is 1. The van der Waals surface area contributed by atoms with Crippen LogP contribution in [0.25, 0.3) is 0 Å². The number of ether oxygens (including phenoxy) is 1. The molecule has 0 spiro atoms. The normalized spacial score (nSPS) is 20.4. The van der Waals surface area contributed by atoms with Gasteiger partial charge in [0, 0.05) is 18.5 Å². The molecule has 2 aromatic rings. The van der Waals surface area contributed by atoms with Crippen LogP contribution in [-0.4, -0.2) is 36.1 Å². The van der Waals surface area contributed by atoms with Gasteiger partial charge in [0.1, 0.15) is 17.7 Å². The number of aryl methyl sites for hydroxylation is 2. The Balaban J connectivity index is 1.73. The maximum atomic E-state index is 14.7. The van der Waals surface area contributed by atoms with Crippen molar-refractivity contribution in [3.63, 3.8) is 0 Å². The van der Waals surface area contributed by atoms with Crippen LogP contribution in [0.4, 0.5) is 10.2 Å². The van der Waals surface area contributed by atoms with Crippen LogP contribution in [0.15, 0.2) is 36.4 Å². The zero-order valence-electron chi connectivity index (χ0n) is 14.8. The second kappa shape index (κ2) is 7.21. The van der Waals surface area contributed by atoms with Crippen LogP contribution in [0.3, 0.4) is 0 Å². The number of rotatable bonds is 4. The molecule has 4 nitrogen and oxygen atoms in total. The highest BCUT2D eigenvalue weighted by Gasteiger charge is 2.32. The van der Waals surface area contributed by atoms with Crippen molar-refractivity contribution in [1.82, 2.24) is 4.98 Å². The Morgan fingerprint density at radius 1 is 1.28 bits per heavy atom. The maximum Gasteiger partial charge on any atom is 0.161 e. The van der Waals surface area contributed by atoms with Gasteiger partial charge in [-0.3, -0.25) is 4.79 Å². The molecule has 0 aliphatic carbocycles. The predicted octanol–water partition coefficient (Wildman–Crippen LogP) is 3.90. The number of aromatic nitrogens is 1. The maximum absolute atomic E-state index is 14.7. The lowest BCUT2D eigenvalue weighted by molar-refractivity contribution is 0.0819. The molecule has 25 heavy (non-hydrogen) atoms. The molecule has 1 aromatic carbocycles. The van der Waals surface area contributed by atoms with Crippen molar-refractivity contribution in [3.05, 3.63) is 53.2 Å². The van der Waals surface area contributed by atoms with Gasteiger partial charge in [-0.1, -0.05) is 18.2 Å². The summed E-state index contributed by atoms with van der Waals surface area (Å²) < 4.78 is 20.5. The van der Waals surface area contributed by atoms with Crippen molar-refractivity contribution < 1.29 is 13.9 Å². The lowest BCUT2D eigenvalue weighted by atomic mass is 10.0. The largest absolute Gasteiger partial charge is 0.487 e. The van der Waals surface area contributed by atoms with E-state index in [0.717, 1.165) is 11.4 Å². The second-order valence-electron chi connectivity index (χ2n) is 6.54. The summed E-state index contributed by atoms with van der Waals surface area (Å²) in [4.78, 5) is 18.1. The van der Waals surface area contributed by atoms with Crippen LogP contribution in [0.1, 0.15) is 35.0 Å². The van der Waals surface area contributed by atoms with Gasteiger partial charge in [0.2, 0.25) is 0 Å². The zero-order chi connectivity index (χ0) is 18.0.